The van der Waals surface area contributed by atoms with Gasteiger partial charge in [0.05, 0.1) is 0 Å². The number of nitrogens with one attached hydrogen (secondary N) is 1. The standard InChI is InChI=1S/C16H22FNO2/c17-14-8-6-13(7-9-14)16(20)18-15(10-11-19)12-4-2-1-3-5-12/h6-9,12,15,19H,1-5,10-11H2,(H,18,20). The fourth-order valence-electron chi connectivity index (χ4n) is 2.95. The highest BCUT2D eigenvalue weighted by Crippen LogP contribution is 2.27. The van der Waals surface area contributed by atoms with Crippen LogP contribution in [-0.4, -0.2) is 23.7 Å². The van der Waals surface area contributed by atoms with Crippen molar-refractivity contribution in [2.24, 2.45) is 5.92 Å². The van der Waals surface area contributed by atoms with Crippen LogP contribution in [0.5, 0.6) is 0 Å². The van der Waals surface area contributed by atoms with Crippen molar-refractivity contribution in [1.82, 2.24) is 5.32 Å². The Kier molecular flexibility index (Phi) is 5.53. The minimum absolute atomic E-state index is 0.0119. The van der Waals surface area contributed by atoms with Crippen LogP contribution in [0.1, 0.15) is 48.9 Å². The maximum absolute atomic E-state index is 12.9. The highest BCUT2D eigenvalue weighted by Gasteiger charge is 2.24. The SMILES string of the molecule is O=C(NC(CCO)C1CCCCC1)c1ccc(F)cc1. The Morgan fingerprint density at radius 1 is 1.25 bits per heavy atom. The molecule has 0 aromatic heterocycles. The molecule has 1 amide bonds. The first kappa shape index (κ1) is 15.0. The van der Waals surface area contributed by atoms with E-state index in [1.165, 1.54) is 43.5 Å². The maximum atomic E-state index is 12.9. The van der Waals surface area contributed by atoms with E-state index in [4.69, 9.17) is 0 Å². The van der Waals surface area contributed by atoms with Crippen molar-refractivity contribution in [2.75, 3.05) is 6.61 Å². The summed E-state index contributed by atoms with van der Waals surface area (Å²) in [5, 5.41) is 12.2. The summed E-state index contributed by atoms with van der Waals surface area (Å²) >= 11 is 0. The second kappa shape index (κ2) is 7.39. The van der Waals surface area contributed by atoms with E-state index in [-0.39, 0.29) is 24.4 Å². The Balaban J connectivity index is 1.99. The molecule has 2 rings (SSSR count). The van der Waals surface area contributed by atoms with Gasteiger partial charge in [-0.25, -0.2) is 4.39 Å². The molecule has 4 heteroatoms. The number of aliphatic hydroxyl groups excluding tert-OH is 1. The summed E-state index contributed by atoms with van der Waals surface area (Å²) in [4.78, 5) is 12.2. The second-order valence-corrected chi connectivity index (χ2v) is 5.50. The molecule has 1 atom stereocenters. The molecule has 1 saturated carbocycles. The number of hydrogen-bond acceptors (Lipinski definition) is 2. The summed E-state index contributed by atoms with van der Waals surface area (Å²) < 4.78 is 12.9. The number of benzene rings is 1. The van der Waals surface area contributed by atoms with Crippen LogP contribution in [0.2, 0.25) is 0 Å². The fourth-order valence-corrected chi connectivity index (χ4v) is 2.95. The molecule has 0 bridgehead atoms. The molecule has 2 N–H and O–H groups in total. The average Bonchev–Trinajstić information content (AvgIpc) is 2.48. The number of carbonyl (C=O) groups is 1. The summed E-state index contributed by atoms with van der Waals surface area (Å²) in [6, 6.07) is 5.56. The molecule has 1 fully saturated rings. The lowest BCUT2D eigenvalue weighted by Gasteiger charge is -2.30. The van der Waals surface area contributed by atoms with E-state index in [1.807, 2.05) is 0 Å². The second-order valence-electron chi connectivity index (χ2n) is 5.50. The van der Waals surface area contributed by atoms with Gasteiger partial charge in [0.25, 0.3) is 5.91 Å². The quantitative estimate of drug-likeness (QED) is 0.870. The molecule has 0 saturated heterocycles. The minimum Gasteiger partial charge on any atom is -0.396 e. The summed E-state index contributed by atoms with van der Waals surface area (Å²) in [7, 11) is 0. The van der Waals surface area contributed by atoms with E-state index >= 15 is 0 Å². The Morgan fingerprint density at radius 2 is 1.90 bits per heavy atom. The highest BCUT2D eigenvalue weighted by molar-refractivity contribution is 5.94. The Hall–Kier alpha value is -1.42. The zero-order valence-electron chi connectivity index (χ0n) is 11.6. The van der Waals surface area contributed by atoms with Crippen LogP contribution in [0.25, 0.3) is 0 Å². The van der Waals surface area contributed by atoms with E-state index in [1.54, 1.807) is 0 Å². The van der Waals surface area contributed by atoms with Gasteiger partial charge in [0.2, 0.25) is 0 Å². The van der Waals surface area contributed by atoms with Crippen molar-refractivity contribution in [3.63, 3.8) is 0 Å². The van der Waals surface area contributed by atoms with Gasteiger partial charge in [-0.05, 0) is 49.4 Å². The van der Waals surface area contributed by atoms with Crippen molar-refractivity contribution in [3.05, 3.63) is 35.6 Å². The molecule has 20 heavy (non-hydrogen) atoms. The van der Waals surface area contributed by atoms with Gasteiger partial charge in [0.1, 0.15) is 5.82 Å². The van der Waals surface area contributed by atoms with Gasteiger partial charge in [-0.1, -0.05) is 19.3 Å². The van der Waals surface area contributed by atoms with Crippen LogP contribution >= 0.6 is 0 Å². The first-order valence-corrected chi connectivity index (χ1v) is 7.38. The van der Waals surface area contributed by atoms with Gasteiger partial charge in [0.15, 0.2) is 0 Å². The van der Waals surface area contributed by atoms with E-state index in [2.05, 4.69) is 5.32 Å². The van der Waals surface area contributed by atoms with Crippen molar-refractivity contribution >= 4 is 5.91 Å². The number of hydrogen-bond donors (Lipinski definition) is 2. The molecule has 0 heterocycles. The largest absolute Gasteiger partial charge is 0.396 e. The molecule has 3 nitrogen and oxygen atoms in total. The lowest BCUT2D eigenvalue weighted by atomic mass is 9.82. The van der Waals surface area contributed by atoms with Crippen molar-refractivity contribution in [2.45, 2.75) is 44.6 Å². The van der Waals surface area contributed by atoms with Gasteiger partial charge >= 0.3 is 0 Å². The molecule has 1 aliphatic carbocycles. The monoisotopic (exact) mass is 279 g/mol. The topological polar surface area (TPSA) is 49.3 Å². The molecule has 0 aliphatic heterocycles. The van der Waals surface area contributed by atoms with Crippen LogP contribution < -0.4 is 5.32 Å². The number of rotatable bonds is 5. The van der Waals surface area contributed by atoms with Crippen LogP contribution in [-0.2, 0) is 0 Å². The third-order valence-electron chi connectivity index (χ3n) is 4.08. The van der Waals surface area contributed by atoms with Gasteiger partial charge < -0.3 is 10.4 Å². The van der Waals surface area contributed by atoms with Gasteiger partial charge in [-0.3, -0.25) is 4.79 Å². The predicted molar refractivity (Wildman–Crippen MR) is 75.9 cm³/mol. The average molecular weight is 279 g/mol. The zero-order chi connectivity index (χ0) is 14.4. The Morgan fingerprint density at radius 3 is 2.50 bits per heavy atom. The fraction of sp³-hybridized carbons (Fsp3) is 0.562. The third-order valence-corrected chi connectivity index (χ3v) is 4.08. The van der Waals surface area contributed by atoms with Crippen molar-refractivity contribution in [1.29, 1.82) is 0 Å². The van der Waals surface area contributed by atoms with E-state index in [0.29, 0.717) is 17.9 Å². The third kappa shape index (κ3) is 4.04. The van der Waals surface area contributed by atoms with Crippen LogP contribution in [0.3, 0.4) is 0 Å². The van der Waals surface area contributed by atoms with Crippen molar-refractivity contribution < 1.29 is 14.3 Å². The summed E-state index contributed by atoms with van der Waals surface area (Å²) in [5.41, 5.74) is 0.463. The number of halogens is 1. The molecule has 0 spiro atoms. The molecule has 1 aromatic rings. The smallest absolute Gasteiger partial charge is 0.251 e. The summed E-state index contributed by atoms with van der Waals surface area (Å²) in [6.45, 7) is 0.0743. The Labute approximate surface area is 119 Å². The molecule has 0 radical (unpaired) electrons. The highest BCUT2D eigenvalue weighted by atomic mass is 19.1. The van der Waals surface area contributed by atoms with E-state index in [9.17, 15) is 14.3 Å². The molecular weight excluding hydrogens is 257 g/mol. The normalized spacial score (nSPS) is 17.7. The lowest BCUT2D eigenvalue weighted by Crippen LogP contribution is -2.41. The van der Waals surface area contributed by atoms with E-state index < -0.39 is 0 Å². The molecule has 1 aromatic carbocycles. The lowest BCUT2D eigenvalue weighted by molar-refractivity contribution is 0.0899. The molecule has 110 valence electrons. The molecule has 1 unspecified atom stereocenters. The van der Waals surface area contributed by atoms with Crippen molar-refractivity contribution in [3.8, 4) is 0 Å². The van der Waals surface area contributed by atoms with Gasteiger partial charge in [-0.2, -0.15) is 0 Å². The Bertz CT molecular complexity index is 427. The molecular formula is C16H22FNO2. The first-order chi connectivity index (χ1) is 9.70. The van der Waals surface area contributed by atoms with Gasteiger partial charge in [-0.15, -0.1) is 0 Å². The van der Waals surface area contributed by atoms with E-state index in [0.717, 1.165) is 12.8 Å². The van der Waals surface area contributed by atoms with Crippen LogP contribution in [0.4, 0.5) is 4.39 Å². The minimum atomic E-state index is -0.347. The predicted octanol–water partition coefficient (Wildman–Crippen LogP) is 2.89. The summed E-state index contributed by atoms with van der Waals surface area (Å²) in [6.07, 6.45) is 6.44. The maximum Gasteiger partial charge on any atom is 0.251 e. The van der Waals surface area contributed by atoms with Crippen LogP contribution in [0.15, 0.2) is 24.3 Å². The van der Waals surface area contributed by atoms with Gasteiger partial charge in [0, 0.05) is 18.2 Å². The number of amides is 1. The van der Waals surface area contributed by atoms with Crippen LogP contribution in [0, 0.1) is 11.7 Å². The summed E-state index contributed by atoms with van der Waals surface area (Å²) in [5.74, 6) is -0.0879. The zero-order valence-corrected chi connectivity index (χ0v) is 11.6. The number of aliphatic hydroxyl groups is 1. The first-order valence-electron chi connectivity index (χ1n) is 7.38. The molecule has 1 aliphatic rings. The number of carbonyl (C=O) groups excluding carboxylic acids is 1.